The highest BCUT2D eigenvalue weighted by atomic mass is 16.5. The van der Waals surface area contributed by atoms with E-state index in [2.05, 4.69) is 11.9 Å². The first-order valence-electron chi connectivity index (χ1n) is 5.16. The van der Waals surface area contributed by atoms with Gasteiger partial charge in [-0.3, -0.25) is 0 Å². The summed E-state index contributed by atoms with van der Waals surface area (Å²) in [5.74, 6) is 0.659. The molecule has 0 saturated carbocycles. The lowest BCUT2D eigenvalue weighted by molar-refractivity contribution is 0.341. The first-order chi connectivity index (χ1) is 7.33. The molecule has 0 atom stereocenters. The molecule has 1 rings (SSSR count). The summed E-state index contributed by atoms with van der Waals surface area (Å²) >= 11 is 0. The summed E-state index contributed by atoms with van der Waals surface area (Å²) < 4.78 is 5.40. The zero-order valence-corrected chi connectivity index (χ0v) is 9.12. The highest BCUT2D eigenvalue weighted by molar-refractivity contribution is 5.62. The van der Waals surface area contributed by atoms with Crippen molar-refractivity contribution in [1.82, 2.24) is 0 Å². The molecule has 0 spiro atoms. The second-order valence-corrected chi connectivity index (χ2v) is 3.15. The molecule has 1 aromatic rings. The lowest BCUT2D eigenvalue weighted by Gasteiger charge is -2.09. The maximum Gasteiger partial charge on any atom is 0.240 e. The number of aryl methyl sites for hydroxylation is 1. The summed E-state index contributed by atoms with van der Waals surface area (Å²) in [7, 11) is 0. The van der Waals surface area contributed by atoms with Gasteiger partial charge in [-0.2, -0.15) is 4.99 Å². The molecule has 0 bridgehead atoms. The minimum absolute atomic E-state index is 0.566. The predicted molar refractivity (Wildman–Crippen MR) is 59.4 cm³/mol. The Bertz CT molecular complexity index is 344. The van der Waals surface area contributed by atoms with Crippen molar-refractivity contribution in [2.75, 3.05) is 6.61 Å². The first kappa shape index (κ1) is 11.5. The van der Waals surface area contributed by atoms with Gasteiger partial charge in [0.2, 0.25) is 6.08 Å². The Morgan fingerprint density at radius 1 is 1.40 bits per heavy atom. The quantitative estimate of drug-likeness (QED) is 0.547. The maximum absolute atomic E-state index is 10.3. The van der Waals surface area contributed by atoms with Crippen LogP contribution in [0.3, 0.4) is 0 Å². The highest BCUT2D eigenvalue weighted by Gasteiger charge is 2.07. The Kier molecular flexibility index (Phi) is 4.58. The van der Waals surface area contributed by atoms with Crippen molar-refractivity contribution in [3.05, 3.63) is 23.8 Å². The van der Waals surface area contributed by atoms with E-state index in [1.807, 2.05) is 25.1 Å². The van der Waals surface area contributed by atoms with E-state index in [-0.39, 0.29) is 0 Å². The van der Waals surface area contributed by atoms with E-state index < -0.39 is 0 Å². The molecule has 0 amide bonds. The van der Waals surface area contributed by atoms with Crippen molar-refractivity contribution < 1.29 is 9.53 Å². The molecule has 15 heavy (non-hydrogen) atoms. The van der Waals surface area contributed by atoms with Crippen LogP contribution in [0.1, 0.15) is 25.8 Å². The fourth-order valence-corrected chi connectivity index (χ4v) is 1.48. The summed E-state index contributed by atoms with van der Waals surface area (Å²) in [5, 5.41) is 0. The van der Waals surface area contributed by atoms with E-state index in [0.717, 1.165) is 18.4 Å². The lowest BCUT2D eigenvalue weighted by atomic mass is 10.1. The van der Waals surface area contributed by atoms with E-state index in [1.165, 1.54) is 0 Å². The summed E-state index contributed by atoms with van der Waals surface area (Å²) in [6, 6.07) is 5.70. The van der Waals surface area contributed by atoms with Gasteiger partial charge in [0.25, 0.3) is 0 Å². The summed E-state index contributed by atoms with van der Waals surface area (Å²) in [4.78, 5) is 14.1. The minimum atomic E-state index is 0.566. The van der Waals surface area contributed by atoms with Gasteiger partial charge in [-0.05, 0) is 25.0 Å². The number of isocyanates is 1. The minimum Gasteiger partial charge on any atom is -0.492 e. The number of nitrogens with zero attached hydrogens (tertiary/aromatic N) is 1. The number of ether oxygens (including phenoxy) is 1. The van der Waals surface area contributed by atoms with Crippen LogP contribution in [0.2, 0.25) is 0 Å². The third kappa shape index (κ3) is 2.93. The molecular formula is C12H15NO2. The molecular weight excluding hydrogens is 190 g/mol. The summed E-state index contributed by atoms with van der Waals surface area (Å²) in [5.41, 5.74) is 1.66. The number of para-hydroxylation sites is 1. The Morgan fingerprint density at radius 3 is 2.80 bits per heavy atom. The van der Waals surface area contributed by atoms with E-state index in [9.17, 15) is 4.79 Å². The van der Waals surface area contributed by atoms with E-state index in [0.29, 0.717) is 18.0 Å². The molecule has 0 aliphatic rings. The zero-order chi connectivity index (χ0) is 11.1. The van der Waals surface area contributed by atoms with Crippen molar-refractivity contribution in [2.45, 2.75) is 26.7 Å². The molecule has 80 valence electrons. The van der Waals surface area contributed by atoms with Crippen molar-refractivity contribution in [2.24, 2.45) is 4.99 Å². The average Bonchev–Trinajstić information content (AvgIpc) is 2.23. The molecule has 0 fully saturated rings. The van der Waals surface area contributed by atoms with Crippen LogP contribution in [-0.4, -0.2) is 12.7 Å². The number of aliphatic imine (C=N–C) groups is 1. The molecule has 0 aliphatic heterocycles. The smallest absolute Gasteiger partial charge is 0.240 e. The predicted octanol–water partition coefficient (Wildman–Crippen LogP) is 3.01. The van der Waals surface area contributed by atoms with Gasteiger partial charge in [-0.15, -0.1) is 0 Å². The average molecular weight is 205 g/mol. The Balaban J connectivity index is 3.14. The largest absolute Gasteiger partial charge is 0.492 e. The molecule has 0 N–H and O–H groups in total. The van der Waals surface area contributed by atoms with Crippen LogP contribution in [0, 0.1) is 0 Å². The standard InChI is InChI=1S/C12H15NO2/c1-3-6-10-7-5-8-11(15-4-2)12(10)13-9-14/h5,7-8H,3-4,6H2,1-2H3. The molecule has 0 aromatic heterocycles. The van der Waals surface area contributed by atoms with E-state index in [4.69, 9.17) is 4.74 Å². The first-order valence-corrected chi connectivity index (χ1v) is 5.16. The van der Waals surface area contributed by atoms with Crippen LogP contribution in [0.5, 0.6) is 5.75 Å². The Morgan fingerprint density at radius 2 is 2.20 bits per heavy atom. The van der Waals surface area contributed by atoms with E-state index in [1.54, 1.807) is 6.08 Å². The zero-order valence-electron chi connectivity index (χ0n) is 9.12. The highest BCUT2D eigenvalue weighted by Crippen LogP contribution is 2.31. The van der Waals surface area contributed by atoms with Crippen LogP contribution < -0.4 is 4.74 Å². The van der Waals surface area contributed by atoms with Gasteiger partial charge in [0.15, 0.2) is 0 Å². The molecule has 0 saturated heterocycles. The molecule has 3 nitrogen and oxygen atoms in total. The molecule has 3 heteroatoms. The van der Waals surface area contributed by atoms with Crippen molar-refractivity contribution in [3.63, 3.8) is 0 Å². The van der Waals surface area contributed by atoms with E-state index >= 15 is 0 Å². The molecule has 0 heterocycles. The fourth-order valence-electron chi connectivity index (χ4n) is 1.48. The third-order valence-electron chi connectivity index (χ3n) is 2.06. The van der Waals surface area contributed by atoms with Crippen LogP contribution in [0.4, 0.5) is 5.69 Å². The maximum atomic E-state index is 10.3. The van der Waals surface area contributed by atoms with Gasteiger partial charge in [0.1, 0.15) is 11.4 Å². The molecule has 1 aromatic carbocycles. The molecule has 0 aliphatic carbocycles. The fraction of sp³-hybridized carbons (Fsp3) is 0.417. The monoisotopic (exact) mass is 205 g/mol. The van der Waals surface area contributed by atoms with Crippen LogP contribution in [0.15, 0.2) is 23.2 Å². The van der Waals surface area contributed by atoms with Gasteiger partial charge in [0, 0.05) is 0 Å². The van der Waals surface area contributed by atoms with Gasteiger partial charge < -0.3 is 4.74 Å². The van der Waals surface area contributed by atoms with Crippen LogP contribution in [0.25, 0.3) is 0 Å². The number of hydrogen-bond acceptors (Lipinski definition) is 3. The van der Waals surface area contributed by atoms with Crippen molar-refractivity contribution in [3.8, 4) is 5.75 Å². The Hall–Kier alpha value is -1.60. The number of hydrogen-bond donors (Lipinski definition) is 0. The lowest BCUT2D eigenvalue weighted by Crippen LogP contribution is -1.94. The van der Waals surface area contributed by atoms with Crippen molar-refractivity contribution in [1.29, 1.82) is 0 Å². The molecule has 0 unspecified atom stereocenters. The summed E-state index contributed by atoms with van der Waals surface area (Å²) in [6.07, 6.45) is 3.48. The topological polar surface area (TPSA) is 38.7 Å². The second kappa shape index (κ2) is 5.99. The Labute approximate surface area is 89.8 Å². The van der Waals surface area contributed by atoms with Gasteiger partial charge in [0.05, 0.1) is 6.61 Å². The van der Waals surface area contributed by atoms with Crippen LogP contribution >= 0.6 is 0 Å². The normalized spacial score (nSPS) is 9.47. The number of carbonyl (C=O) groups excluding carboxylic acids is 1. The summed E-state index contributed by atoms with van der Waals surface area (Å²) in [6.45, 7) is 4.56. The number of rotatable bonds is 5. The molecule has 0 radical (unpaired) electrons. The van der Waals surface area contributed by atoms with Gasteiger partial charge >= 0.3 is 0 Å². The SMILES string of the molecule is CCCc1cccc(OCC)c1N=C=O. The van der Waals surface area contributed by atoms with Gasteiger partial charge in [-0.1, -0.05) is 25.5 Å². The van der Waals surface area contributed by atoms with Crippen molar-refractivity contribution >= 4 is 11.8 Å². The third-order valence-corrected chi connectivity index (χ3v) is 2.06. The number of benzene rings is 1. The van der Waals surface area contributed by atoms with Crippen LogP contribution in [-0.2, 0) is 11.2 Å². The second-order valence-electron chi connectivity index (χ2n) is 3.15. The van der Waals surface area contributed by atoms with Gasteiger partial charge in [-0.25, -0.2) is 4.79 Å².